The van der Waals surface area contributed by atoms with E-state index in [1.54, 1.807) is 14.2 Å². The third-order valence-corrected chi connectivity index (χ3v) is 3.58. The summed E-state index contributed by atoms with van der Waals surface area (Å²) in [4.78, 5) is 0. The molecular formula is C16H25NO4. The van der Waals surface area contributed by atoms with E-state index >= 15 is 0 Å². The Kier molecular flexibility index (Phi) is 6.29. The van der Waals surface area contributed by atoms with E-state index in [0.717, 1.165) is 36.4 Å². The number of rotatable bonds is 8. The van der Waals surface area contributed by atoms with Crippen LogP contribution in [0.15, 0.2) is 18.2 Å². The molecule has 1 aliphatic heterocycles. The summed E-state index contributed by atoms with van der Waals surface area (Å²) < 4.78 is 21.9. The summed E-state index contributed by atoms with van der Waals surface area (Å²) in [5.74, 6) is 1.61. The molecule has 1 unspecified atom stereocenters. The molecule has 1 saturated heterocycles. The molecule has 1 atom stereocenters. The van der Waals surface area contributed by atoms with Crippen LogP contribution in [0.1, 0.15) is 31.4 Å². The molecule has 21 heavy (non-hydrogen) atoms. The summed E-state index contributed by atoms with van der Waals surface area (Å²) in [6.45, 7) is 4.43. The summed E-state index contributed by atoms with van der Waals surface area (Å²) in [6, 6.07) is 6.04. The van der Waals surface area contributed by atoms with Crippen molar-refractivity contribution in [1.29, 1.82) is 0 Å². The molecule has 0 amide bonds. The van der Waals surface area contributed by atoms with Gasteiger partial charge in [-0.1, -0.05) is 13.0 Å². The van der Waals surface area contributed by atoms with Gasteiger partial charge in [-0.2, -0.15) is 0 Å². The number of ether oxygens (including phenoxy) is 4. The fraction of sp³-hybridized carbons (Fsp3) is 0.625. The van der Waals surface area contributed by atoms with E-state index in [1.807, 2.05) is 18.2 Å². The third-order valence-electron chi connectivity index (χ3n) is 3.58. The minimum atomic E-state index is -0.147. The summed E-state index contributed by atoms with van der Waals surface area (Å²) >= 11 is 0. The van der Waals surface area contributed by atoms with Crippen molar-refractivity contribution >= 4 is 0 Å². The van der Waals surface area contributed by atoms with Gasteiger partial charge in [0.15, 0.2) is 6.29 Å². The molecule has 5 heteroatoms. The average molecular weight is 295 g/mol. The molecule has 0 radical (unpaired) electrons. The van der Waals surface area contributed by atoms with Crippen molar-refractivity contribution in [3.63, 3.8) is 0 Å². The minimum Gasteiger partial charge on any atom is -0.497 e. The molecule has 0 spiro atoms. The highest BCUT2D eigenvalue weighted by atomic mass is 16.7. The Hall–Kier alpha value is -1.30. The monoisotopic (exact) mass is 295 g/mol. The molecule has 1 aliphatic rings. The molecule has 118 valence electrons. The zero-order valence-corrected chi connectivity index (χ0v) is 13.1. The topological polar surface area (TPSA) is 49.0 Å². The van der Waals surface area contributed by atoms with Crippen molar-refractivity contribution in [2.75, 3.05) is 34.0 Å². The van der Waals surface area contributed by atoms with Gasteiger partial charge in [-0.15, -0.1) is 0 Å². The molecule has 1 aromatic rings. The number of hydrogen-bond acceptors (Lipinski definition) is 5. The molecule has 1 N–H and O–H groups in total. The van der Waals surface area contributed by atoms with E-state index in [-0.39, 0.29) is 12.3 Å². The van der Waals surface area contributed by atoms with Gasteiger partial charge < -0.3 is 24.3 Å². The van der Waals surface area contributed by atoms with Crippen LogP contribution in [0.3, 0.4) is 0 Å². The second-order valence-corrected chi connectivity index (χ2v) is 5.02. The van der Waals surface area contributed by atoms with Crippen molar-refractivity contribution in [3.8, 4) is 11.5 Å². The van der Waals surface area contributed by atoms with Gasteiger partial charge in [0.2, 0.25) is 0 Å². The molecule has 2 rings (SSSR count). The van der Waals surface area contributed by atoms with Crippen LogP contribution in [-0.2, 0) is 9.47 Å². The maximum Gasteiger partial charge on any atom is 0.159 e. The Balaban J connectivity index is 2.17. The van der Waals surface area contributed by atoms with Crippen LogP contribution in [-0.4, -0.2) is 40.3 Å². The van der Waals surface area contributed by atoms with E-state index < -0.39 is 0 Å². The fourth-order valence-electron chi connectivity index (χ4n) is 2.48. The van der Waals surface area contributed by atoms with E-state index in [4.69, 9.17) is 18.9 Å². The van der Waals surface area contributed by atoms with Gasteiger partial charge in [-0.3, -0.25) is 0 Å². The Bertz CT molecular complexity index is 432. The van der Waals surface area contributed by atoms with Crippen LogP contribution in [0.5, 0.6) is 11.5 Å². The predicted molar refractivity (Wildman–Crippen MR) is 80.9 cm³/mol. The van der Waals surface area contributed by atoms with Gasteiger partial charge in [0.05, 0.1) is 27.4 Å². The largest absolute Gasteiger partial charge is 0.497 e. The van der Waals surface area contributed by atoms with E-state index in [1.165, 1.54) is 0 Å². The number of nitrogens with one attached hydrogen (secondary N) is 1. The van der Waals surface area contributed by atoms with Crippen molar-refractivity contribution in [1.82, 2.24) is 5.32 Å². The Morgan fingerprint density at radius 2 is 2.00 bits per heavy atom. The van der Waals surface area contributed by atoms with Gasteiger partial charge in [-0.25, -0.2) is 0 Å². The lowest BCUT2D eigenvalue weighted by atomic mass is 10.0. The SMILES string of the molecule is CCCNC(CC1OCCO1)c1ccc(OC)cc1OC. The highest BCUT2D eigenvalue weighted by Crippen LogP contribution is 2.32. The smallest absolute Gasteiger partial charge is 0.159 e. The minimum absolute atomic E-state index is 0.133. The van der Waals surface area contributed by atoms with Crippen molar-refractivity contribution in [3.05, 3.63) is 23.8 Å². The molecule has 0 aliphatic carbocycles. The van der Waals surface area contributed by atoms with E-state index in [2.05, 4.69) is 12.2 Å². The zero-order chi connectivity index (χ0) is 15.1. The molecule has 1 aromatic carbocycles. The van der Waals surface area contributed by atoms with Crippen LogP contribution in [0.25, 0.3) is 0 Å². The molecule has 0 aromatic heterocycles. The van der Waals surface area contributed by atoms with E-state index in [9.17, 15) is 0 Å². The number of benzene rings is 1. The second kappa shape index (κ2) is 8.22. The predicted octanol–water partition coefficient (Wildman–Crippen LogP) is 2.51. The Morgan fingerprint density at radius 1 is 1.24 bits per heavy atom. The lowest BCUT2D eigenvalue weighted by Crippen LogP contribution is -2.27. The highest BCUT2D eigenvalue weighted by molar-refractivity contribution is 5.42. The summed E-state index contributed by atoms with van der Waals surface area (Å²) in [5.41, 5.74) is 1.10. The molecule has 1 heterocycles. The van der Waals surface area contributed by atoms with Crippen molar-refractivity contribution < 1.29 is 18.9 Å². The Morgan fingerprint density at radius 3 is 2.62 bits per heavy atom. The van der Waals surface area contributed by atoms with Crippen molar-refractivity contribution in [2.24, 2.45) is 0 Å². The summed E-state index contributed by atoms with van der Waals surface area (Å²) in [5, 5.41) is 3.54. The normalized spacial score (nSPS) is 16.9. The quantitative estimate of drug-likeness (QED) is 0.798. The number of methoxy groups -OCH3 is 2. The highest BCUT2D eigenvalue weighted by Gasteiger charge is 2.24. The third kappa shape index (κ3) is 4.33. The van der Waals surface area contributed by atoms with Gasteiger partial charge in [-0.05, 0) is 19.0 Å². The van der Waals surface area contributed by atoms with Crippen LogP contribution in [0, 0.1) is 0 Å². The lowest BCUT2D eigenvalue weighted by molar-refractivity contribution is -0.0531. The van der Waals surface area contributed by atoms with Crippen LogP contribution in [0.2, 0.25) is 0 Å². The summed E-state index contributed by atoms with van der Waals surface area (Å²) in [6.07, 6.45) is 1.69. The maximum absolute atomic E-state index is 5.58. The lowest BCUT2D eigenvalue weighted by Gasteiger charge is -2.23. The van der Waals surface area contributed by atoms with Crippen LogP contribution in [0.4, 0.5) is 0 Å². The first-order valence-corrected chi connectivity index (χ1v) is 7.47. The first-order valence-electron chi connectivity index (χ1n) is 7.47. The fourth-order valence-corrected chi connectivity index (χ4v) is 2.48. The van der Waals surface area contributed by atoms with Gasteiger partial charge >= 0.3 is 0 Å². The first-order chi connectivity index (χ1) is 10.3. The summed E-state index contributed by atoms with van der Waals surface area (Å²) in [7, 11) is 3.33. The van der Waals surface area contributed by atoms with Gasteiger partial charge in [0.25, 0.3) is 0 Å². The van der Waals surface area contributed by atoms with Crippen LogP contribution >= 0.6 is 0 Å². The average Bonchev–Trinajstić information content (AvgIpc) is 3.03. The van der Waals surface area contributed by atoms with Gasteiger partial charge in [0.1, 0.15) is 11.5 Å². The second-order valence-electron chi connectivity index (χ2n) is 5.02. The maximum atomic E-state index is 5.58. The van der Waals surface area contributed by atoms with Gasteiger partial charge in [0, 0.05) is 24.1 Å². The molecule has 0 bridgehead atoms. The Labute approximate surface area is 126 Å². The molecule has 5 nitrogen and oxygen atoms in total. The zero-order valence-electron chi connectivity index (χ0n) is 13.1. The molecular weight excluding hydrogens is 270 g/mol. The van der Waals surface area contributed by atoms with Crippen LogP contribution < -0.4 is 14.8 Å². The standard InChI is InChI=1S/C16H25NO4/c1-4-7-17-14(11-16-20-8-9-21-16)13-6-5-12(18-2)10-15(13)19-3/h5-6,10,14,16-17H,4,7-9,11H2,1-3H3. The first kappa shape index (κ1) is 16.1. The van der Waals surface area contributed by atoms with E-state index in [0.29, 0.717) is 13.2 Å². The molecule has 0 saturated carbocycles. The number of hydrogen-bond donors (Lipinski definition) is 1. The van der Waals surface area contributed by atoms with Crippen molar-refractivity contribution in [2.45, 2.75) is 32.1 Å². The molecule has 1 fully saturated rings.